The molecule has 0 heterocycles. The van der Waals surface area contributed by atoms with Crippen LogP contribution >= 0.6 is 11.6 Å². The first-order valence-corrected chi connectivity index (χ1v) is 4.34. The van der Waals surface area contributed by atoms with Crippen molar-refractivity contribution in [2.45, 2.75) is 12.6 Å². The van der Waals surface area contributed by atoms with Gasteiger partial charge in [0.05, 0.1) is 0 Å². The van der Waals surface area contributed by atoms with E-state index >= 15 is 0 Å². The average molecular weight is 238 g/mol. The minimum absolute atomic E-state index is 0.204. The summed E-state index contributed by atoms with van der Waals surface area (Å²) in [6.07, 6.45) is -1.29. The molecule has 15 heavy (non-hydrogen) atoms. The zero-order chi connectivity index (χ0) is 11.6. The molecule has 0 aromatic heterocycles. The van der Waals surface area contributed by atoms with E-state index in [9.17, 15) is 18.0 Å². The summed E-state index contributed by atoms with van der Waals surface area (Å²) in [5.41, 5.74) is 4.64. The van der Waals surface area contributed by atoms with E-state index in [1.165, 1.54) is 18.2 Å². The zero-order valence-electron chi connectivity index (χ0n) is 7.44. The first kappa shape index (κ1) is 11.8. The first-order valence-electron chi connectivity index (χ1n) is 3.96. The number of carbonyl (C=O) groups is 1. The highest BCUT2D eigenvalue weighted by molar-refractivity contribution is 6.31. The van der Waals surface area contributed by atoms with E-state index in [0.29, 0.717) is 0 Å². The topological polar surface area (TPSA) is 43.1 Å². The van der Waals surface area contributed by atoms with Crippen molar-refractivity contribution < 1.29 is 18.0 Å². The van der Waals surface area contributed by atoms with Crippen molar-refractivity contribution in [1.29, 1.82) is 0 Å². The molecule has 0 radical (unpaired) electrons. The monoisotopic (exact) mass is 237 g/mol. The van der Waals surface area contributed by atoms with Crippen molar-refractivity contribution in [1.82, 2.24) is 0 Å². The highest BCUT2D eigenvalue weighted by Crippen LogP contribution is 2.26. The van der Waals surface area contributed by atoms with Gasteiger partial charge in [-0.1, -0.05) is 17.7 Å². The number of hydrogen-bond acceptors (Lipinski definition) is 2. The van der Waals surface area contributed by atoms with E-state index in [2.05, 4.69) is 0 Å². The fraction of sp³-hybridized carbons (Fsp3) is 0.222. The summed E-state index contributed by atoms with van der Waals surface area (Å²) in [6, 6.07) is 0. The maximum absolute atomic E-state index is 12.1. The van der Waals surface area contributed by atoms with Crippen LogP contribution in [0.1, 0.15) is 6.42 Å². The molecular weight excluding hydrogens is 231 g/mol. The van der Waals surface area contributed by atoms with E-state index in [4.69, 9.17) is 17.3 Å². The largest absolute Gasteiger partial charge is 0.454 e. The van der Waals surface area contributed by atoms with E-state index in [1.807, 2.05) is 0 Å². The van der Waals surface area contributed by atoms with Crippen molar-refractivity contribution in [3.8, 4) is 0 Å². The van der Waals surface area contributed by atoms with Gasteiger partial charge in [0.2, 0.25) is 0 Å². The lowest BCUT2D eigenvalue weighted by Crippen LogP contribution is -2.26. The van der Waals surface area contributed by atoms with Gasteiger partial charge in [0.15, 0.2) is 0 Å². The van der Waals surface area contributed by atoms with Crippen LogP contribution in [0.5, 0.6) is 0 Å². The maximum Gasteiger partial charge on any atom is 0.454 e. The number of alkyl halides is 3. The minimum atomic E-state index is -4.90. The molecule has 0 bridgehead atoms. The minimum Gasteiger partial charge on any atom is -0.398 e. The number of Topliss-reactive ketones (excluding diaryl/α,β-unsaturated/α-hetero) is 1. The molecule has 82 valence electrons. The maximum atomic E-state index is 12.1. The Labute approximate surface area is 88.9 Å². The lowest BCUT2D eigenvalue weighted by Gasteiger charge is -2.08. The summed E-state index contributed by atoms with van der Waals surface area (Å²) in [5.74, 6) is -1.92. The predicted octanol–water partition coefficient (Wildman–Crippen LogP) is 2.41. The van der Waals surface area contributed by atoms with Gasteiger partial charge in [-0.15, -0.1) is 0 Å². The molecule has 0 atom stereocenters. The molecule has 1 aliphatic rings. The van der Waals surface area contributed by atoms with E-state index in [-0.39, 0.29) is 17.2 Å². The smallest absolute Gasteiger partial charge is 0.398 e. The molecule has 0 spiro atoms. The highest BCUT2D eigenvalue weighted by atomic mass is 35.5. The van der Waals surface area contributed by atoms with Crippen LogP contribution in [0.25, 0.3) is 0 Å². The Morgan fingerprint density at radius 1 is 1.40 bits per heavy atom. The van der Waals surface area contributed by atoms with Crippen molar-refractivity contribution in [3.05, 3.63) is 34.5 Å². The summed E-state index contributed by atoms with van der Waals surface area (Å²) >= 11 is 5.57. The third kappa shape index (κ3) is 2.86. The second-order valence-electron chi connectivity index (χ2n) is 2.89. The Kier molecular flexibility index (Phi) is 3.24. The normalized spacial score (nSPS) is 17.5. The summed E-state index contributed by atoms with van der Waals surface area (Å²) in [6.45, 7) is 0. The van der Waals surface area contributed by atoms with Gasteiger partial charge in [0.1, 0.15) is 0 Å². The molecule has 1 aliphatic carbocycles. The molecule has 0 aromatic carbocycles. The zero-order valence-corrected chi connectivity index (χ0v) is 8.19. The summed E-state index contributed by atoms with van der Waals surface area (Å²) in [7, 11) is 0. The van der Waals surface area contributed by atoms with Gasteiger partial charge in [0, 0.05) is 16.3 Å². The molecule has 0 unspecified atom stereocenters. The van der Waals surface area contributed by atoms with Crippen molar-refractivity contribution in [2.75, 3.05) is 0 Å². The summed E-state index contributed by atoms with van der Waals surface area (Å²) in [5, 5.41) is 0.253. The molecule has 0 aliphatic heterocycles. The van der Waals surface area contributed by atoms with Crippen LogP contribution in [-0.2, 0) is 4.79 Å². The van der Waals surface area contributed by atoms with E-state index < -0.39 is 17.5 Å². The van der Waals surface area contributed by atoms with Crippen LogP contribution in [0.2, 0.25) is 0 Å². The molecule has 0 amide bonds. The number of ketones is 1. The fourth-order valence-electron chi connectivity index (χ4n) is 1.05. The van der Waals surface area contributed by atoms with Gasteiger partial charge in [0.25, 0.3) is 5.78 Å². The third-order valence-corrected chi connectivity index (χ3v) is 2.08. The molecule has 2 N–H and O–H groups in total. The number of nitrogens with two attached hydrogens (primary N) is 1. The molecular formula is C9H7ClF3NO. The Hall–Kier alpha value is -1.23. The van der Waals surface area contributed by atoms with Gasteiger partial charge in [-0.05, 0) is 18.6 Å². The Balaban J connectivity index is 3.06. The second kappa shape index (κ2) is 4.10. The van der Waals surface area contributed by atoms with Gasteiger partial charge >= 0.3 is 6.18 Å². The van der Waals surface area contributed by atoms with Gasteiger partial charge in [-0.2, -0.15) is 13.2 Å². The van der Waals surface area contributed by atoms with E-state index in [0.717, 1.165) is 0 Å². The number of rotatable bonds is 1. The van der Waals surface area contributed by atoms with Crippen LogP contribution < -0.4 is 5.73 Å². The van der Waals surface area contributed by atoms with E-state index in [1.54, 1.807) is 0 Å². The molecule has 0 saturated heterocycles. The lowest BCUT2D eigenvalue weighted by molar-refractivity contribution is -0.166. The standard InChI is InChI=1S/C9H7ClF3NO/c10-5-1-3-6(7(14)4-2-5)8(15)9(11,12)13/h1-2,4H,3,14H2. The number of hydrogen-bond donors (Lipinski definition) is 1. The van der Waals surface area contributed by atoms with Crippen LogP contribution in [0.4, 0.5) is 13.2 Å². The van der Waals surface area contributed by atoms with Crippen LogP contribution in [0.15, 0.2) is 34.5 Å². The quantitative estimate of drug-likeness (QED) is 0.761. The van der Waals surface area contributed by atoms with Crippen molar-refractivity contribution >= 4 is 17.4 Å². The Morgan fingerprint density at radius 2 is 2.00 bits per heavy atom. The lowest BCUT2D eigenvalue weighted by atomic mass is 10.1. The molecule has 0 aromatic rings. The second-order valence-corrected chi connectivity index (χ2v) is 3.32. The van der Waals surface area contributed by atoms with Crippen molar-refractivity contribution in [2.24, 2.45) is 5.73 Å². The summed E-state index contributed by atoms with van der Waals surface area (Å²) in [4.78, 5) is 10.9. The van der Waals surface area contributed by atoms with Gasteiger partial charge < -0.3 is 5.73 Å². The number of allylic oxidation sites excluding steroid dienone is 5. The van der Waals surface area contributed by atoms with Gasteiger partial charge in [-0.25, -0.2) is 0 Å². The SMILES string of the molecule is NC1=C(C(=O)C(F)(F)F)CC=C(Cl)C=C1. The third-order valence-electron chi connectivity index (χ3n) is 1.80. The predicted molar refractivity (Wildman–Crippen MR) is 50.0 cm³/mol. The first-order chi connectivity index (χ1) is 6.82. The van der Waals surface area contributed by atoms with Gasteiger partial charge in [-0.3, -0.25) is 4.79 Å². The average Bonchev–Trinajstić information content (AvgIpc) is 2.27. The Bertz CT molecular complexity index is 379. The fourth-order valence-corrected chi connectivity index (χ4v) is 1.19. The molecule has 0 fully saturated rings. The molecule has 1 rings (SSSR count). The van der Waals surface area contributed by atoms with Crippen LogP contribution in [0.3, 0.4) is 0 Å². The molecule has 2 nitrogen and oxygen atoms in total. The number of carbonyl (C=O) groups excluding carboxylic acids is 1. The Morgan fingerprint density at radius 3 is 2.53 bits per heavy atom. The molecule has 6 heteroatoms. The van der Waals surface area contributed by atoms with Crippen LogP contribution in [-0.4, -0.2) is 12.0 Å². The number of halogens is 4. The summed E-state index contributed by atoms with van der Waals surface area (Å²) < 4.78 is 36.4. The highest BCUT2D eigenvalue weighted by Gasteiger charge is 2.41. The van der Waals surface area contributed by atoms with Crippen molar-refractivity contribution in [3.63, 3.8) is 0 Å². The van der Waals surface area contributed by atoms with Crippen LogP contribution in [0, 0.1) is 0 Å². The molecule has 0 saturated carbocycles.